The van der Waals surface area contributed by atoms with E-state index in [4.69, 9.17) is 0 Å². The Morgan fingerprint density at radius 3 is 2.62 bits per heavy atom. The molecule has 1 fully saturated rings. The van der Waals surface area contributed by atoms with Gasteiger partial charge in [-0.3, -0.25) is 4.79 Å². The van der Waals surface area contributed by atoms with Crippen LogP contribution in [0, 0.1) is 0 Å². The molecule has 7 heteroatoms. The van der Waals surface area contributed by atoms with Crippen molar-refractivity contribution in [2.75, 3.05) is 26.2 Å². The third kappa shape index (κ3) is 6.72. The lowest BCUT2D eigenvalue weighted by Gasteiger charge is -2.36. The Balaban J connectivity index is 1.85. The predicted molar refractivity (Wildman–Crippen MR) is 115 cm³/mol. The van der Waals surface area contributed by atoms with E-state index >= 15 is 4.39 Å². The van der Waals surface area contributed by atoms with Crippen LogP contribution in [-0.4, -0.2) is 47.8 Å². The lowest BCUT2D eigenvalue weighted by Crippen LogP contribution is -2.49. The highest BCUT2D eigenvalue weighted by molar-refractivity contribution is 7.94. The summed E-state index contributed by atoms with van der Waals surface area (Å²) < 4.78 is 27.7. The molecular formula is C22H28F2N2O2S. The molecule has 2 rings (SSSR count). The molecule has 29 heavy (non-hydrogen) atoms. The molecule has 4 nitrogen and oxygen atoms in total. The average molecular weight is 423 g/mol. The van der Waals surface area contributed by atoms with Crippen LogP contribution in [0.1, 0.15) is 37.0 Å². The van der Waals surface area contributed by atoms with Gasteiger partial charge in [-0.1, -0.05) is 36.0 Å². The summed E-state index contributed by atoms with van der Waals surface area (Å²) in [6.45, 7) is 9.06. The summed E-state index contributed by atoms with van der Waals surface area (Å²) in [4.78, 5) is 14.2. The van der Waals surface area contributed by atoms with Crippen LogP contribution in [0.15, 0.2) is 59.0 Å². The van der Waals surface area contributed by atoms with Crippen LogP contribution in [0.5, 0.6) is 5.75 Å². The van der Waals surface area contributed by atoms with Gasteiger partial charge in [0, 0.05) is 44.6 Å². The van der Waals surface area contributed by atoms with E-state index in [2.05, 4.69) is 11.9 Å². The molecule has 0 saturated carbocycles. The van der Waals surface area contributed by atoms with Gasteiger partial charge in [0.15, 0.2) is 0 Å². The first-order chi connectivity index (χ1) is 13.8. The zero-order valence-corrected chi connectivity index (χ0v) is 17.7. The average Bonchev–Trinajstić information content (AvgIpc) is 2.71. The van der Waals surface area contributed by atoms with Crippen molar-refractivity contribution >= 4 is 18.1 Å². The van der Waals surface area contributed by atoms with Crippen molar-refractivity contribution in [2.24, 2.45) is 0 Å². The number of nitrogens with zero attached hydrogens (tertiary/aromatic N) is 1. The molecule has 0 aromatic heterocycles. The Morgan fingerprint density at radius 2 is 2.03 bits per heavy atom. The van der Waals surface area contributed by atoms with E-state index in [0.717, 1.165) is 11.1 Å². The Morgan fingerprint density at radius 1 is 1.34 bits per heavy atom. The Kier molecular flexibility index (Phi) is 8.46. The number of likely N-dealkylation sites (tertiary alicyclic amines) is 1. The number of carbonyl (C=O) groups is 1. The Bertz CT molecular complexity index is 800. The number of phenols is 1. The van der Waals surface area contributed by atoms with Crippen molar-refractivity contribution in [1.29, 1.82) is 0 Å². The maximum Gasteiger partial charge on any atom is 0.253 e. The molecule has 0 aliphatic carbocycles. The highest BCUT2D eigenvalue weighted by Crippen LogP contribution is 2.31. The van der Waals surface area contributed by atoms with Crippen molar-refractivity contribution in [1.82, 2.24) is 10.2 Å². The normalized spacial score (nSPS) is 17.3. The number of phenolic OH excluding ortho intramolecular Hbond substituents is 1. The van der Waals surface area contributed by atoms with Crippen molar-refractivity contribution in [3.63, 3.8) is 0 Å². The molecule has 0 atom stereocenters. The monoisotopic (exact) mass is 422 g/mol. The number of alkyl halides is 1. The van der Waals surface area contributed by atoms with Crippen LogP contribution < -0.4 is 5.32 Å². The number of halogens is 2. The summed E-state index contributed by atoms with van der Waals surface area (Å²) in [5, 5.41) is 12.9. The fourth-order valence-electron chi connectivity index (χ4n) is 3.07. The van der Waals surface area contributed by atoms with Crippen LogP contribution in [0.3, 0.4) is 0 Å². The predicted octanol–water partition coefficient (Wildman–Crippen LogP) is 4.98. The van der Waals surface area contributed by atoms with E-state index in [1.807, 2.05) is 26.0 Å². The molecule has 1 aromatic carbocycles. The summed E-state index contributed by atoms with van der Waals surface area (Å²) >= 11 is -0.0768. The molecule has 1 aliphatic heterocycles. The minimum atomic E-state index is -1.36. The maximum atomic E-state index is 15.1. The number of carbonyl (C=O) groups excluding carboxylic acids is 1. The smallest absolute Gasteiger partial charge is 0.253 e. The van der Waals surface area contributed by atoms with Gasteiger partial charge in [-0.05, 0) is 32.0 Å². The number of hydrogen-bond acceptors (Lipinski definition) is 4. The highest BCUT2D eigenvalue weighted by Gasteiger charge is 2.35. The second-order valence-electron chi connectivity index (χ2n) is 7.43. The van der Waals surface area contributed by atoms with Gasteiger partial charge in [-0.2, -0.15) is 3.89 Å². The summed E-state index contributed by atoms with van der Waals surface area (Å²) in [6.07, 6.45) is 6.22. The Labute approximate surface area is 175 Å². The highest BCUT2D eigenvalue weighted by atomic mass is 32.2. The van der Waals surface area contributed by atoms with Crippen molar-refractivity contribution in [3.8, 4) is 5.75 Å². The first-order valence-electron chi connectivity index (χ1n) is 9.55. The molecule has 0 radical (unpaired) electrons. The van der Waals surface area contributed by atoms with Gasteiger partial charge >= 0.3 is 0 Å². The molecule has 158 valence electrons. The molecule has 1 amide bonds. The van der Waals surface area contributed by atoms with Gasteiger partial charge < -0.3 is 15.3 Å². The maximum absolute atomic E-state index is 15.1. The minimum Gasteiger partial charge on any atom is -0.507 e. The third-order valence-electron chi connectivity index (χ3n) is 5.03. The van der Waals surface area contributed by atoms with Crippen LogP contribution in [0.4, 0.5) is 8.28 Å². The minimum absolute atomic E-state index is 0.0635. The SMILES string of the molecule is C=C/C(C)=C\C=C(/C)CNCC1(F)CCN(C(=O)c2ccc(SF)c(O)c2)CC1. The van der Waals surface area contributed by atoms with Gasteiger partial charge in [-0.25, -0.2) is 4.39 Å². The van der Waals surface area contributed by atoms with E-state index in [-0.39, 0.29) is 53.6 Å². The number of piperidine rings is 1. The van der Waals surface area contributed by atoms with Crippen molar-refractivity contribution < 1.29 is 18.2 Å². The van der Waals surface area contributed by atoms with Gasteiger partial charge in [-0.15, -0.1) is 0 Å². The first-order valence-corrected chi connectivity index (χ1v) is 10.3. The molecule has 1 saturated heterocycles. The number of rotatable bonds is 8. The Hall–Kier alpha value is -2.12. The first kappa shape index (κ1) is 23.2. The standard InChI is InChI=1S/C22H28F2N2O2S/c1-4-16(2)5-6-17(3)14-25-15-22(23)9-11-26(12-10-22)21(28)18-7-8-20(29-24)19(27)13-18/h4-8,13,25,27H,1,9-12,14-15H2,2-3H3/b16-5-,17-6+. The van der Waals surface area contributed by atoms with Crippen molar-refractivity contribution in [2.45, 2.75) is 37.3 Å². The fourth-order valence-corrected chi connectivity index (χ4v) is 3.33. The van der Waals surface area contributed by atoms with E-state index in [9.17, 15) is 13.8 Å². The largest absolute Gasteiger partial charge is 0.507 e. The summed E-state index contributed by atoms with van der Waals surface area (Å²) in [5.41, 5.74) is 1.07. The lowest BCUT2D eigenvalue weighted by molar-refractivity contribution is 0.0438. The van der Waals surface area contributed by atoms with Gasteiger partial charge in [0.1, 0.15) is 11.4 Å². The molecule has 0 unspecified atom stereocenters. The van der Waals surface area contributed by atoms with Gasteiger partial charge in [0.25, 0.3) is 5.91 Å². The van der Waals surface area contributed by atoms with Crippen LogP contribution in [0.25, 0.3) is 0 Å². The molecular weight excluding hydrogens is 394 g/mol. The summed E-state index contributed by atoms with van der Waals surface area (Å²) in [5.74, 6) is -0.556. The number of nitrogens with one attached hydrogen (secondary N) is 1. The molecule has 1 aromatic rings. The summed E-state index contributed by atoms with van der Waals surface area (Å²) in [6, 6.07) is 4.09. The molecule has 0 bridgehead atoms. The van der Waals surface area contributed by atoms with Crippen LogP contribution in [0.2, 0.25) is 0 Å². The number of allylic oxidation sites excluding steroid dienone is 4. The quantitative estimate of drug-likeness (QED) is 0.580. The van der Waals surface area contributed by atoms with Crippen LogP contribution in [-0.2, 0) is 0 Å². The number of amides is 1. The molecule has 1 aliphatic rings. The fraction of sp³-hybridized carbons (Fsp3) is 0.409. The molecule has 2 N–H and O–H groups in total. The van der Waals surface area contributed by atoms with Crippen molar-refractivity contribution in [3.05, 3.63) is 59.7 Å². The topological polar surface area (TPSA) is 52.6 Å². The van der Waals surface area contributed by atoms with E-state index in [0.29, 0.717) is 19.6 Å². The molecule has 1 heterocycles. The molecule has 0 spiro atoms. The van der Waals surface area contributed by atoms with E-state index in [1.165, 1.54) is 18.2 Å². The summed E-state index contributed by atoms with van der Waals surface area (Å²) in [7, 11) is 0. The zero-order chi connectivity index (χ0) is 21.4. The number of hydrogen-bond donors (Lipinski definition) is 2. The van der Waals surface area contributed by atoms with E-state index in [1.54, 1.807) is 11.0 Å². The third-order valence-corrected chi connectivity index (χ3v) is 5.55. The number of benzene rings is 1. The second kappa shape index (κ2) is 10.6. The van der Waals surface area contributed by atoms with E-state index < -0.39 is 5.67 Å². The van der Waals surface area contributed by atoms with Crippen LogP contribution >= 0.6 is 12.1 Å². The lowest BCUT2D eigenvalue weighted by atomic mass is 9.92. The number of aromatic hydroxyl groups is 1. The van der Waals surface area contributed by atoms with Gasteiger partial charge in [0.2, 0.25) is 0 Å². The second-order valence-corrected chi connectivity index (χ2v) is 8.03. The zero-order valence-electron chi connectivity index (χ0n) is 16.9. The van der Waals surface area contributed by atoms with Gasteiger partial charge in [0.05, 0.1) is 17.0 Å².